The van der Waals surface area contributed by atoms with Crippen LogP contribution in [0.5, 0.6) is 0 Å². The third-order valence-corrected chi connectivity index (χ3v) is 6.76. The van der Waals surface area contributed by atoms with E-state index in [0.717, 1.165) is 0 Å². The zero-order valence-electron chi connectivity index (χ0n) is 23.5. The lowest BCUT2D eigenvalue weighted by atomic mass is 10.0. The first kappa shape index (κ1) is 32.7. The van der Waals surface area contributed by atoms with Crippen LogP contribution < -0.4 is 0 Å². The number of rotatable bonds is 17. The highest BCUT2D eigenvalue weighted by atomic mass is 16.8. The van der Waals surface area contributed by atoms with Crippen molar-refractivity contribution in [3.05, 3.63) is 0 Å². The van der Waals surface area contributed by atoms with E-state index in [0.29, 0.717) is 6.61 Å². The molecule has 2 heterocycles. The predicted molar refractivity (Wildman–Crippen MR) is 129 cm³/mol. The van der Waals surface area contributed by atoms with Crippen LogP contribution in [0.4, 0.5) is 0 Å². The van der Waals surface area contributed by atoms with Gasteiger partial charge in [-0.25, -0.2) is 0 Å². The van der Waals surface area contributed by atoms with Crippen molar-refractivity contribution in [3.8, 4) is 0 Å². The highest BCUT2D eigenvalue weighted by molar-refractivity contribution is 4.92. The molecule has 13 heteroatoms. The van der Waals surface area contributed by atoms with E-state index in [2.05, 4.69) is 0 Å². The molecule has 0 amide bonds. The molecule has 0 aromatic rings. The Bertz CT molecular complexity index is 599. The summed E-state index contributed by atoms with van der Waals surface area (Å²) in [5, 5.41) is 0. The zero-order valence-corrected chi connectivity index (χ0v) is 23.5. The summed E-state index contributed by atoms with van der Waals surface area (Å²) >= 11 is 0. The van der Waals surface area contributed by atoms with Gasteiger partial charge in [-0.05, 0) is 0 Å². The Balaban J connectivity index is 2.25. The van der Waals surface area contributed by atoms with Crippen molar-refractivity contribution in [1.29, 1.82) is 0 Å². The fourth-order valence-electron chi connectivity index (χ4n) is 4.78. The molecule has 2 aliphatic heterocycles. The van der Waals surface area contributed by atoms with Crippen molar-refractivity contribution in [3.63, 3.8) is 0 Å². The molecule has 2 saturated heterocycles. The molecule has 0 saturated carbocycles. The molecule has 220 valence electrons. The van der Waals surface area contributed by atoms with Gasteiger partial charge in [0.05, 0.1) is 26.4 Å². The van der Waals surface area contributed by atoms with Crippen molar-refractivity contribution in [1.82, 2.24) is 0 Å². The fraction of sp³-hybridized carbons (Fsp3) is 1.00. The van der Waals surface area contributed by atoms with Crippen LogP contribution in [0.2, 0.25) is 0 Å². The maximum atomic E-state index is 6.43. The van der Waals surface area contributed by atoms with Crippen LogP contribution in [0, 0.1) is 0 Å². The van der Waals surface area contributed by atoms with E-state index in [1.54, 1.807) is 64.0 Å². The second-order valence-electron chi connectivity index (χ2n) is 8.71. The lowest BCUT2D eigenvalue weighted by Crippen LogP contribution is -2.62. The standard InChI is InChI=1S/C24H46O13/c1-25-10-14(27-3)18(30-6)17(11-26-2)36-23-22(33-9)20(16(29-5)13-34-23)37-24-21(32-8)19(31-7)15(28-4)12-35-24/h14-24H,10-13H2,1-9H3/t14?,15-,16?,17?,18?,19+,20?,21-,22?,23?,24+/m1/s1. The summed E-state index contributed by atoms with van der Waals surface area (Å²) in [5.41, 5.74) is 0. The first-order valence-corrected chi connectivity index (χ1v) is 12.2. The van der Waals surface area contributed by atoms with Gasteiger partial charge in [0, 0.05) is 64.0 Å². The van der Waals surface area contributed by atoms with Gasteiger partial charge in [-0.1, -0.05) is 0 Å². The Hall–Kier alpha value is -0.520. The van der Waals surface area contributed by atoms with E-state index in [4.69, 9.17) is 61.6 Å². The Morgan fingerprint density at radius 2 is 1.08 bits per heavy atom. The summed E-state index contributed by atoms with van der Waals surface area (Å²) < 4.78 is 75.2. The molecule has 7 unspecified atom stereocenters. The van der Waals surface area contributed by atoms with E-state index in [1.165, 1.54) is 0 Å². The highest BCUT2D eigenvalue weighted by Crippen LogP contribution is 2.31. The minimum atomic E-state index is -0.839. The molecule has 0 aromatic carbocycles. The second kappa shape index (κ2) is 17.2. The summed E-state index contributed by atoms with van der Waals surface area (Å²) in [7, 11) is 14.2. The first-order valence-electron chi connectivity index (χ1n) is 12.2. The molecule has 2 fully saturated rings. The molecular weight excluding hydrogens is 496 g/mol. The van der Waals surface area contributed by atoms with Gasteiger partial charge in [-0.3, -0.25) is 0 Å². The number of ether oxygens (including phenoxy) is 13. The summed E-state index contributed by atoms with van der Waals surface area (Å²) in [4.78, 5) is 0. The van der Waals surface area contributed by atoms with Gasteiger partial charge in [0.15, 0.2) is 12.6 Å². The molecule has 13 nitrogen and oxygen atoms in total. The van der Waals surface area contributed by atoms with E-state index in [-0.39, 0.29) is 25.9 Å². The fourth-order valence-corrected chi connectivity index (χ4v) is 4.78. The van der Waals surface area contributed by atoms with Crippen LogP contribution >= 0.6 is 0 Å². The van der Waals surface area contributed by atoms with Crippen LogP contribution in [0.1, 0.15) is 0 Å². The molecule has 0 bridgehead atoms. The van der Waals surface area contributed by atoms with Crippen LogP contribution in [0.25, 0.3) is 0 Å². The zero-order chi connectivity index (χ0) is 27.4. The normalized spacial score (nSPS) is 35.3. The third-order valence-electron chi connectivity index (χ3n) is 6.76. The van der Waals surface area contributed by atoms with Crippen molar-refractivity contribution >= 4 is 0 Å². The number of hydrogen-bond acceptors (Lipinski definition) is 13. The van der Waals surface area contributed by atoms with E-state index < -0.39 is 61.4 Å². The Morgan fingerprint density at radius 3 is 1.57 bits per heavy atom. The van der Waals surface area contributed by atoms with Crippen molar-refractivity contribution in [2.75, 3.05) is 90.4 Å². The maximum Gasteiger partial charge on any atom is 0.187 e. The van der Waals surface area contributed by atoms with Gasteiger partial charge in [0.1, 0.15) is 54.9 Å². The number of methoxy groups -OCH3 is 9. The summed E-state index contributed by atoms with van der Waals surface area (Å²) in [5.74, 6) is 0. The average Bonchev–Trinajstić information content (AvgIpc) is 2.92. The third kappa shape index (κ3) is 8.24. The summed E-state index contributed by atoms with van der Waals surface area (Å²) in [6, 6.07) is 0. The van der Waals surface area contributed by atoms with Crippen molar-refractivity contribution in [2.24, 2.45) is 0 Å². The van der Waals surface area contributed by atoms with Gasteiger partial charge in [-0.2, -0.15) is 0 Å². The SMILES string of the molecule is COCC(OC)C(OC)C(COC)OC1OCC(OC)C(O[C@@H]2OC[C@@H](OC)[C@H](OC)[C@H]2OC)C1OC. The van der Waals surface area contributed by atoms with Gasteiger partial charge in [-0.15, -0.1) is 0 Å². The van der Waals surface area contributed by atoms with E-state index >= 15 is 0 Å². The quantitative estimate of drug-likeness (QED) is 0.243. The molecule has 2 aliphatic rings. The molecule has 0 spiro atoms. The van der Waals surface area contributed by atoms with Gasteiger partial charge < -0.3 is 61.6 Å². The number of hydrogen-bond donors (Lipinski definition) is 0. The van der Waals surface area contributed by atoms with Crippen LogP contribution in [0.3, 0.4) is 0 Å². The Labute approximate surface area is 220 Å². The molecule has 0 aromatic heterocycles. The second-order valence-corrected chi connectivity index (χ2v) is 8.71. The molecule has 0 radical (unpaired) electrons. The Kier molecular flexibility index (Phi) is 15.2. The summed E-state index contributed by atoms with van der Waals surface area (Å²) in [6.45, 7) is 0.966. The summed E-state index contributed by atoms with van der Waals surface area (Å²) in [6.07, 6.45) is -6.17. The minimum Gasteiger partial charge on any atom is -0.382 e. The molecule has 37 heavy (non-hydrogen) atoms. The van der Waals surface area contributed by atoms with E-state index in [1.807, 2.05) is 0 Å². The van der Waals surface area contributed by atoms with Crippen LogP contribution in [0.15, 0.2) is 0 Å². The maximum absolute atomic E-state index is 6.43. The Morgan fingerprint density at radius 1 is 0.568 bits per heavy atom. The molecule has 11 atom stereocenters. The predicted octanol–water partition coefficient (Wildman–Crippen LogP) is -0.133. The lowest BCUT2D eigenvalue weighted by Gasteiger charge is -2.46. The van der Waals surface area contributed by atoms with Gasteiger partial charge in [0.25, 0.3) is 0 Å². The smallest absolute Gasteiger partial charge is 0.187 e. The molecule has 0 N–H and O–H groups in total. The molecule has 2 rings (SSSR count). The topological polar surface area (TPSA) is 120 Å². The molecular formula is C24H46O13. The van der Waals surface area contributed by atoms with Crippen LogP contribution in [-0.2, 0) is 61.6 Å². The van der Waals surface area contributed by atoms with Gasteiger partial charge >= 0.3 is 0 Å². The molecule has 0 aliphatic carbocycles. The first-order chi connectivity index (χ1) is 18.0. The average molecular weight is 543 g/mol. The monoisotopic (exact) mass is 542 g/mol. The minimum absolute atomic E-state index is 0.188. The van der Waals surface area contributed by atoms with Crippen molar-refractivity contribution < 1.29 is 61.6 Å². The largest absolute Gasteiger partial charge is 0.382 e. The van der Waals surface area contributed by atoms with Crippen LogP contribution in [-0.4, -0.2) is 158 Å². The van der Waals surface area contributed by atoms with Gasteiger partial charge in [0.2, 0.25) is 0 Å². The van der Waals surface area contributed by atoms with Crippen molar-refractivity contribution in [2.45, 2.75) is 67.5 Å². The lowest BCUT2D eigenvalue weighted by molar-refractivity contribution is -0.351. The highest BCUT2D eigenvalue weighted by Gasteiger charge is 2.49. The van der Waals surface area contributed by atoms with E-state index in [9.17, 15) is 0 Å².